The van der Waals surface area contributed by atoms with Gasteiger partial charge in [0, 0.05) is 17.9 Å². The molecule has 1 atom stereocenters. The van der Waals surface area contributed by atoms with Gasteiger partial charge in [0.05, 0.1) is 5.56 Å². The molecule has 0 saturated carbocycles. The summed E-state index contributed by atoms with van der Waals surface area (Å²) in [5.74, 6) is -0.0640. The molecule has 0 aromatic carbocycles. The van der Waals surface area contributed by atoms with Gasteiger partial charge in [-0.1, -0.05) is 6.92 Å². The summed E-state index contributed by atoms with van der Waals surface area (Å²) in [5.41, 5.74) is 6.88. The Morgan fingerprint density at radius 2 is 2.38 bits per heavy atom. The van der Waals surface area contributed by atoms with Crippen molar-refractivity contribution in [3.05, 3.63) is 29.6 Å². The molecule has 1 heterocycles. The predicted molar refractivity (Wildman–Crippen MR) is 64.2 cm³/mol. The Balaban J connectivity index is 2.68. The smallest absolute Gasteiger partial charge is 0.253 e. The van der Waals surface area contributed by atoms with Gasteiger partial charge in [-0.05, 0) is 38.4 Å². The average Bonchev–Trinajstić information content (AvgIpc) is 2.28. The number of rotatable bonds is 5. The average molecular weight is 221 g/mol. The van der Waals surface area contributed by atoms with E-state index < -0.39 is 0 Å². The Kier molecular flexibility index (Phi) is 4.92. The Morgan fingerprint density at radius 1 is 1.62 bits per heavy atom. The lowest BCUT2D eigenvalue weighted by atomic mass is 10.1. The molecule has 0 fully saturated rings. The summed E-state index contributed by atoms with van der Waals surface area (Å²) in [6.07, 6.45) is 3.38. The van der Waals surface area contributed by atoms with Crippen molar-refractivity contribution in [2.75, 3.05) is 6.54 Å². The van der Waals surface area contributed by atoms with E-state index in [0.29, 0.717) is 12.1 Å². The third kappa shape index (κ3) is 3.31. The molecular formula is C12H19N3O. The number of pyridine rings is 1. The lowest BCUT2D eigenvalue weighted by Gasteiger charge is -2.16. The second-order valence-corrected chi connectivity index (χ2v) is 3.79. The first-order valence-corrected chi connectivity index (χ1v) is 5.61. The fraction of sp³-hybridized carbons (Fsp3) is 0.500. The largest absolute Gasteiger partial charge is 0.349 e. The van der Waals surface area contributed by atoms with Crippen molar-refractivity contribution in [2.24, 2.45) is 5.73 Å². The molecule has 1 rings (SSSR count). The molecule has 1 amide bonds. The maximum absolute atomic E-state index is 11.9. The molecule has 4 nitrogen and oxygen atoms in total. The van der Waals surface area contributed by atoms with Gasteiger partial charge < -0.3 is 11.1 Å². The standard InChI is InChI=1S/C12H19N3O/c1-3-10(6-7-13)15-12(16)11-5-4-8-14-9(11)2/h4-5,8,10H,3,6-7,13H2,1-2H3,(H,15,16). The zero-order valence-corrected chi connectivity index (χ0v) is 9.86. The van der Waals surface area contributed by atoms with E-state index in [-0.39, 0.29) is 11.9 Å². The van der Waals surface area contributed by atoms with Crippen LogP contribution in [0.3, 0.4) is 0 Å². The van der Waals surface area contributed by atoms with E-state index in [1.807, 2.05) is 13.8 Å². The number of amides is 1. The number of carbonyl (C=O) groups excluding carboxylic acids is 1. The summed E-state index contributed by atoms with van der Waals surface area (Å²) >= 11 is 0. The van der Waals surface area contributed by atoms with Gasteiger partial charge in [-0.15, -0.1) is 0 Å². The van der Waals surface area contributed by atoms with Crippen LogP contribution in [0.25, 0.3) is 0 Å². The van der Waals surface area contributed by atoms with Crippen LogP contribution < -0.4 is 11.1 Å². The van der Waals surface area contributed by atoms with Gasteiger partial charge in [-0.2, -0.15) is 0 Å². The number of nitrogens with two attached hydrogens (primary N) is 1. The summed E-state index contributed by atoms with van der Waals surface area (Å²) in [5, 5.41) is 2.97. The van der Waals surface area contributed by atoms with Crippen LogP contribution in [-0.2, 0) is 0 Å². The van der Waals surface area contributed by atoms with Crippen molar-refractivity contribution in [3.63, 3.8) is 0 Å². The highest BCUT2D eigenvalue weighted by molar-refractivity contribution is 5.95. The second-order valence-electron chi connectivity index (χ2n) is 3.79. The van der Waals surface area contributed by atoms with Gasteiger partial charge in [0.15, 0.2) is 0 Å². The van der Waals surface area contributed by atoms with Crippen LogP contribution in [0.15, 0.2) is 18.3 Å². The van der Waals surface area contributed by atoms with Crippen molar-refractivity contribution in [3.8, 4) is 0 Å². The summed E-state index contributed by atoms with van der Waals surface area (Å²) < 4.78 is 0. The van der Waals surface area contributed by atoms with Crippen molar-refractivity contribution in [2.45, 2.75) is 32.7 Å². The molecule has 1 aromatic heterocycles. The number of aryl methyl sites for hydroxylation is 1. The zero-order chi connectivity index (χ0) is 12.0. The van der Waals surface area contributed by atoms with Crippen LogP contribution in [-0.4, -0.2) is 23.5 Å². The molecule has 0 saturated heterocycles. The monoisotopic (exact) mass is 221 g/mol. The molecular weight excluding hydrogens is 202 g/mol. The SMILES string of the molecule is CCC(CCN)NC(=O)c1cccnc1C. The van der Waals surface area contributed by atoms with Crippen molar-refractivity contribution < 1.29 is 4.79 Å². The minimum atomic E-state index is -0.0640. The molecule has 88 valence electrons. The Labute approximate surface area is 96.3 Å². The minimum absolute atomic E-state index is 0.0640. The zero-order valence-electron chi connectivity index (χ0n) is 9.86. The van der Waals surface area contributed by atoms with E-state index in [9.17, 15) is 4.79 Å². The molecule has 3 N–H and O–H groups in total. The quantitative estimate of drug-likeness (QED) is 0.786. The number of nitrogens with one attached hydrogen (secondary N) is 1. The van der Waals surface area contributed by atoms with Crippen molar-refractivity contribution in [1.29, 1.82) is 0 Å². The van der Waals surface area contributed by atoms with E-state index in [2.05, 4.69) is 10.3 Å². The third-order valence-electron chi connectivity index (χ3n) is 2.59. The Hall–Kier alpha value is -1.42. The van der Waals surface area contributed by atoms with Crippen LogP contribution >= 0.6 is 0 Å². The lowest BCUT2D eigenvalue weighted by molar-refractivity contribution is 0.0933. The highest BCUT2D eigenvalue weighted by Gasteiger charge is 2.13. The molecule has 0 aliphatic heterocycles. The summed E-state index contributed by atoms with van der Waals surface area (Å²) in [4.78, 5) is 16.0. The Bertz CT molecular complexity index is 352. The van der Waals surface area contributed by atoms with Crippen LogP contribution in [0.4, 0.5) is 0 Å². The number of carbonyl (C=O) groups is 1. The third-order valence-corrected chi connectivity index (χ3v) is 2.59. The molecule has 4 heteroatoms. The molecule has 0 bridgehead atoms. The predicted octanol–water partition coefficient (Wildman–Crippen LogP) is 1.25. The number of hydrogen-bond acceptors (Lipinski definition) is 3. The fourth-order valence-corrected chi connectivity index (χ4v) is 1.57. The number of nitrogens with zero attached hydrogens (tertiary/aromatic N) is 1. The van der Waals surface area contributed by atoms with E-state index >= 15 is 0 Å². The maximum atomic E-state index is 11.9. The van der Waals surface area contributed by atoms with E-state index in [1.54, 1.807) is 18.3 Å². The normalized spacial score (nSPS) is 12.2. The second kappa shape index (κ2) is 6.23. The molecule has 0 radical (unpaired) electrons. The number of aromatic nitrogens is 1. The summed E-state index contributed by atoms with van der Waals surface area (Å²) in [6.45, 7) is 4.46. The van der Waals surface area contributed by atoms with Gasteiger partial charge in [-0.3, -0.25) is 9.78 Å². The van der Waals surface area contributed by atoms with Crippen LogP contribution in [0.5, 0.6) is 0 Å². The van der Waals surface area contributed by atoms with Crippen molar-refractivity contribution >= 4 is 5.91 Å². The fourth-order valence-electron chi connectivity index (χ4n) is 1.57. The van der Waals surface area contributed by atoms with Crippen molar-refractivity contribution in [1.82, 2.24) is 10.3 Å². The van der Waals surface area contributed by atoms with E-state index in [0.717, 1.165) is 18.5 Å². The van der Waals surface area contributed by atoms with Gasteiger partial charge >= 0.3 is 0 Å². The topological polar surface area (TPSA) is 68.0 Å². The van der Waals surface area contributed by atoms with Gasteiger partial charge in [-0.25, -0.2) is 0 Å². The van der Waals surface area contributed by atoms with Crippen LogP contribution in [0.1, 0.15) is 35.8 Å². The van der Waals surface area contributed by atoms with Crippen LogP contribution in [0, 0.1) is 6.92 Å². The summed E-state index contributed by atoms with van der Waals surface area (Å²) in [7, 11) is 0. The summed E-state index contributed by atoms with van der Waals surface area (Å²) in [6, 6.07) is 3.70. The molecule has 0 aliphatic rings. The Morgan fingerprint density at radius 3 is 2.94 bits per heavy atom. The van der Waals surface area contributed by atoms with Gasteiger partial charge in [0.2, 0.25) is 0 Å². The van der Waals surface area contributed by atoms with E-state index in [4.69, 9.17) is 5.73 Å². The lowest BCUT2D eigenvalue weighted by Crippen LogP contribution is -2.36. The first kappa shape index (κ1) is 12.6. The molecule has 1 aromatic rings. The highest BCUT2D eigenvalue weighted by atomic mass is 16.1. The maximum Gasteiger partial charge on any atom is 0.253 e. The van der Waals surface area contributed by atoms with Crippen LogP contribution in [0.2, 0.25) is 0 Å². The van der Waals surface area contributed by atoms with Gasteiger partial charge in [0.25, 0.3) is 5.91 Å². The minimum Gasteiger partial charge on any atom is -0.349 e. The molecule has 0 aliphatic carbocycles. The first-order chi connectivity index (χ1) is 7.69. The number of hydrogen-bond donors (Lipinski definition) is 2. The molecule has 16 heavy (non-hydrogen) atoms. The van der Waals surface area contributed by atoms with E-state index in [1.165, 1.54) is 0 Å². The highest BCUT2D eigenvalue weighted by Crippen LogP contribution is 2.05. The first-order valence-electron chi connectivity index (χ1n) is 5.61. The molecule has 1 unspecified atom stereocenters. The van der Waals surface area contributed by atoms with Gasteiger partial charge in [0.1, 0.15) is 0 Å². The molecule has 0 spiro atoms.